The zero-order chi connectivity index (χ0) is 14.8. The average molecular weight is 296 g/mol. The van der Waals surface area contributed by atoms with E-state index < -0.39 is 0 Å². The minimum Gasteiger partial charge on any atom is -0.464 e. The van der Waals surface area contributed by atoms with Crippen LogP contribution in [0.5, 0.6) is 0 Å². The maximum atomic E-state index is 12.4. The molecule has 0 bridgehead atoms. The summed E-state index contributed by atoms with van der Waals surface area (Å²) in [6, 6.07) is 13.9. The fourth-order valence-electron chi connectivity index (χ4n) is 2.38. The lowest BCUT2D eigenvalue weighted by atomic mass is 10.1. The zero-order valence-electron chi connectivity index (χ0n) is 12.1. The van der Waals surface area contributed by atoms with Crippen molar-refractivity contribution in [2.45, 2.75) is 18.7 Å². The van der Waals surface area contributed by atoms with Crippen molar-refractivity contribution in [3.8, 4) is 0 Å². The van der Waals surface area contributed by atoms with E-state index in [9.17, 15) is 4.79 Å². The van der Waals surface area contributed by atoms with Crippen LogP contribution in [0, 0.1) is 13.8 Å². The number of aryl methyl sites for hydroxylation is 2. The molecule has 0 radical (unpaired) electrons. The number of para-hydroxylation sites is 1. The lowest BCUT2D eigenvalue weighted by Gasteiger charge is -2.05. The summed E-state index contributed by atoms with van der Waals surface area (Å²) >= 11 is 1.58. The molecular weight excluding hydrogens is 280 g/mol. The Morgan fingerprint density at radius 3 is 2.76 bits per heavy atom. The number of furan rings is 1. The Balaban J connectivity index is 1.77. The number of thioether (sulfide) groups is 1. The number of fused-ring (bicyclic) bond motifs is 1. The number of ketones is 1. The molecule has 0 unspecified atom stereocenters. The van der Waals surface area contributed by atoms with Gasteiger partial charge in [0.05, 0.1) is 11.3 Å². The number of Topliss-reactive ketones (excluding diaryl/α,β-unsaturated/α-hetero) is 1. The lowest BCUT2D eigenvalue weighted by molar-refractivity contribution is 0.102. The second-order valence-electron chi connectivity index (χ2n) is 5.13. The normalized spacial score (nSPS) is 11.0. The van der Waals surface area contributed by atoms with E-state index in [1.54, 1.807) is 18.0 Å². The van der Waals surface area contributed by atoms with E-state index >= 15 is 0 Å². The standard InChI is InChI=1S/C18H16O2S/c1-12-7-8-18(13(2)9-12)21-11-16(19)15-10-20-17-6-4-3-5-14(15)17/h3-10H,11H2,1-2H3. The van der Waals surface area contributed by atoms with E-state index in [2.05, 4.69) is 32.0 Å². The average Bonchev–Trinajstić information content (AvgIpc) is 2.90. The van der Waals surface area contributed by atoms with Gasteiger partial charge in [-0.1, -0.05) is 35.9 Å². The predicted octanol–water partition coefficient (Wildman–Crippen LogP) is 5.02. The Morgan fingerprint density at radius 1 is 1.14 bits per heavy atom. The first-order valence-electron chi connectivity index (χ1n) is 6.84. The molecule has 0 aliphatic carbocycles. The SMILES string of the molecule is Cc1ccc(SCC(=O)c2coc3ccccc23)c(C)c1. The van der Waals surface area contributed by atoms with E-state index in [-0.39, 0.29) is 5.78 Å². The Bertz CT molecular complexity index is 802. The second-order valence-corrected chi connectivity index (χ2v) is 6.14. The van der Waals surface area contributed by atoms with Gasteiger partial charge in [-0.15, -0.1) is 11.8 Å². The molecule has 1 aromatic heterocycles. The number of carbonyl (C=O) groups is 1. The van der Waals surface area contributed by atoms with Crippen LogP contribution in [-0.2, 0) is 0 Å². The highest BCUT2D eigenvalue weighted by atomic mass is 32.2. The van der Waals surface area contributed by atoms with Gasteiger partial charge in [-0.2, -0.15) is 0 Å². The number of benzene rings is 2. The molecular formula is C18H16O2S. The van der Waals surface area contributed by atoms with Crippen molar-refractivity contribution in [3.05, 3.63) is 65.4 Å². The van der Waals surface area contributed by atoms with Crippen molar-refractivity contribution in [2.75, 3.05) is 5.75 Å². The lowest BCUT2D eigenvalue weighted by Crippen LogP contribution is -2.01. The molecule has 3 heteroatoms. The maximum absolute atomic E-state index is 12.4. The first kappa shape index (κ1) is 14.0. The van der Waals surface area contributed by atoms with Crippen LogP contribution in [-0.4, -0.2) is 11.5 Å². The predicted molar refractivity (Wildman–Crippen MR) is 87.2 cm³/mol. The topological polar surface area (TPSA) is 30.2 Å². The number of hydrogen-bond donors (Lipinski definition) is 0. The van der Waals surface area contributed by atoms with Gasteiger partial charge >= 0.3 is 0 Å². The summed E-state index contributed by atoms with van der Waals surface area (Å²) in [7, 11) is 0. The Labute approximate surface area is 128 Å². The first-order valence-corrected chi connectivity index (χ1v) is 7.83. The number of carbonyl (C=O) groups excluding carboxylic acids is 1. The summed E-state index contributed by atoms with van der Waals surface area (Å²) in [5, 5.41) is 0.892. The molecule has 0 aliphatic rings. The molecule has 106 valence electrons. The highest BCUT2D eigenvalue weighted by molar-refractivity contribution is 8.00. The highest BCUT2D eigenvalue weighted by Crippen LogP contribution is 2.26. The molecule has 1 heterocycles. The quantitative estimate of drug-likeness (QED) is 0.500. The second kappa shape index (κ2) is 5.78. The smallest absolute Gasteiger partial charge is 0.176 e. The molecule has 0 saturated heterocycles. The van der Waals surface area contributed by atoms with Crippen LogP contribution in [0.15, 0.2) is 58.0 Å². The number of rotatable bonds is 4. The van der Waals surface area contributed by atoms with Crippen molar-refractivity contribution >= 4 is 28.5 Å². The molecule has 0 fully saturated rings. The molecule has 3 rings (SSSR count). The van der Waals surface area contributed by atoms with Crippen LogP contribution in [0.4, 0.5) is 0 Å². The van der Waals surface area contributed by atoms with Gasteiger partial charge in [-0.25, -0.2) is 0 Å². The van der Waals surface area contributed by atoms with Crippen LogP contribution in [0.25, 0.3) is 11.0 Å². The minimum absolute atomic E-state index is 0.102. The largest absolute Gasteiger partial charge is 0.464 e. The molecule has 0 amide bonds. The third-order valence-electron chi connectivity index (χ3n) is 3.47. The summed E-state index contributed by atoms with van der Waals surface area (Å²) < 4.78 is 5.43. The van der Waals surface area contributed by atoms with Gasteiger partial charge in [0.25, 0.3) is 0 Å². The third-order valence-corrected chi connectivity index (χ3v) is 4.65. The van der Waals surface area contributed by atoms with Crippen LogP contribution < -0.4 is 0 Å². The molecule has 3 aromatic rings. The molecule has 0 spiro atoms. The van der Waals surface area contributed by atoms with Crippen LogP contribution in [0.3, 0.4) is 0 Å². The van der Waals surface area contributed by atoms with E-state index in [4.69, 9.17) is 4.42 Å². The van der Waals surface area contributed by atoms with Gasteiger partial charge < -0.3 is 4.42 Å². The van der Waals surface area contributed by atoms with E-state index in [1.807, 2.05) is 24.3 Å². The first-order chi connectivity index (χ1) is 10.1. The van der Waals surface area contributed by atoms with Crippen LogP contribution in [0.2, 0.25) is 0 Å². The zero-order valence-corrected chi connectivity index (χ0v) is 12.9. The van der Waals surface area contributed by atoms with Gasteiger partial charge in [-0.05, 0) is 31.5 Å². The van der Waals surface area contributed by atoms with Crippen LogP contribution in [0.1, 0.15) is 21.5 Å². The van der Waals surface area contributed by atoms with Gasteiger partial charge in [0.15, 0.2) is 5.78 Å². The molecule has 2 nitrogen and oxygen atoms in total. The van der Waals surface area contributed by atoms with Crippen molar-refractivity contribution in [3.63, 3.8) is 0 Å². The van der Waals surface area contributed by atoms with Crippen LogP contribution >= 0.6 is 11.8 Å². The minimum atomic E-state index is 0.102. The molecule has 2 aromatic carbocycles. The maximum Gasteiger partial charge on any atom is 0.176 e. The third kappa shape index (κ3) is 2.88. The van der Waals surface area contributed by atoms with Crippen molar-refractivity contribution < 1.29 is 9.21 Å². The van der Waals surface area contributed by atoms with Crippen molar-refractivity contribution in [1.82, 2.24) is 0 Å². The van der Waals surface area contributed by atoms with E-state index in [0.29, 0.717) is 11.3 Å². The molecule has 0 saturated carbocycles. The Hall–Kier alpha value is -2.00. The van der Waals surface area contributed by atoms with Gasteiger partial charge in [0, 0.05) is 10.3 Å². The van der Waals surface area contributed by atoms with Crippen molar-refractivity contribution in [1.29, 1.82) is 0 Å². The Morgan fingerprint density at radius 2 is 1.95 bits per heavy atom. The van der Waals surface area contributed by atoms with Crippen molar-refractivity contribution in [2.24, 2.45) is 0 Å². The molecule has 0 aliphatic heterocycles. The fraction of sp³-hybridized carbons (Fsp3) is 0.167. The Kier molecular flexibility index (Phi) is 3.84. The summed E-state index contributed by atoms with van der Waals surface area (Å²) in [6.07, 6.45) is 1.57. The monoisotopic (exact) mass is 296 g/mol. The highest BCUT2D eigenvalue weighted by Gasteiger charge is 2.14. The van der Waals surface area contributed by atoms with Gasteiger partial charge in [0.1, 0.15) is 11.8 Å². The molecule has 0 atom stereocenters. The number of hydrogen-bond acceptors (Lipinski definition) is 3. The summed E-state index contributed by atoms with van der Waals surface area (Å²) in [5.41, 5.74) is 3.88. The summed E-state index contributed by atoms with van der Waals surface area (Å²) in [5.74, 6) is 0.526. The van der Waals surface area contributed by atoms with Gasteiger partial charge in [0.2, 0.25) is 0 Å². The molecule has 0 N–H and O–H groups in total. The molecule has 21 heavy (non-hydrogen) atoms. The summed E-state index contributed by atoms with van der Waals surface area (Å²) in [6.45, 7) is 4.15. The van der Waals surface area contributed by atoms with E-state index in [1.165, 1.54) is 11.1 Å². The van der Waals surface area contributed by atoms with Gasteiger partial charge in [-0.3, -0.25) is 4.79 Å². The summed E-state index contributed by atoms with van der Waals surface area (Å²) in [4.78, 5) is 13.5. The fourth-order valence-corrected chi connectivity index (χ4v) is 3.27. The van der Waals surface area contributed by atoms with E-state index in [0.717, 1.165) is 15.9 Å².